The lowest BCUT2D eigenvalue weighted by Gasteiger charge is -2.25. The Hall–Kier alpha value is -4.26. The smallest absolute Gasteiger partial charge is 0.411 e. The molecule has 7 heteroatoms. The molecule has 1 aliphatic heterocycles. The highest BCUT2D eigenvalue weighted by Crippen LogP contribution is 2.50. The van der Waals surface area contributed by atoms with Crippen molar-refractivity contribution in [2.45, 2.75) is 12.0 Å². The Balaban J connectivity index is 1.40. The molecule has 7 nitrogen and oxygen atoms in total. The van der Waals surface area contributed by atoms with Crippen LogP contribution in [0, 0.1) is 0 Å². The van der Waals surface area contributed by atoms with Gasteiger partial charge in [-0.1, -0.05) is 48.5 Å². The summed E-state index contributed by atoms with van der Waals surface area (Å²) in [4.78, 5) is 21.4. The van der Waals surface area contributed by atoms with Gasteiger partial charge in [-0.3, -0.25) is 10.7 Å². The van der Waals surface area contributed by atoms with Gasteiger partial charge in [-0.2, -0.15) is 5.10 Å². The number of methoxy groups -OCH3 is 1. The molecular weight excluding hydrogens is 402 g/mol. The first kappa shape index (κ1) is 18.5. The molecule has 0 fully saturated rings. The summed E-state index contributed by atoms with van der Waals surface area (Å²) in [6.45, 7) is 0. The maximum absolute atomic E-state index is 11.4. The number of hydrogen-bond donors (Lipinski definition) is 2. The zero-order valence-electron chi connectivity index (χ0n) is 17.3. The Labute approximate surface area is 184 Å². The van der Waals surface area contributed by atoms with Gasteiger partial charge < -0.3 is 4.74 Å². The Morgan fingerprint density at radius 1 is 0.969 bits per heavy atom. The van der Waals surface area contributed by atoms with E-state index in [4.69, 9.17) is 15.1 Å². The number of hydrogen-bond acceptors (Lipinski definition) is 6. The van der Waals surface area contributed by atoms with Crippen LogP contribution in [0.25, 0.3) is 22.3 Å². The minimum absolute atomic E-state index is 0.499. The van der Waals surface area contributed by atoms with Gasteiger partial charge in [0.05, 0.1) is 35.2 Å². The van der Waals surface area contributed by atoms with Gasteiger partial charge >= 0.3 is 6.09 Å². The largest absolute Gasteiger partial charge is 0.453 e. The summed E-state index contributed by atoms with van der Waals surface area (Å²) in [5, 5.41) is 7.38. The molecule has 0 bridgehead atoms. The number of benzene rings is 3. The van der Waals surface area contributed by atoms with Gasteiger partial charge in [0, 0.05) is 17.7 Å². The van der Waals surface area contributed by atoms with E-state index in [9.17, 15) is 4.79 Å². The molecule has 2 N–H and O–H groups in total. The van der Waals surface area contributed by atoms with Crippen molar-refractivity contribution in [2.75, 3.05) is 12.4 Å². The Morgan fingerprint density at radius 2 is 1.69 bits per heavy atom. The van der Waals surface area contributed by atoms with Crippen LogP contribution in [0.2, 0.25) is 0 Å². The van der Waals surface area contributed by atoms with Crippen LogP contribution >= 0.6 is 0 Å². The van der Waals surface area contributed by atoms with Crippen LogP contribution < -0.4 is 10.7 Å². The van der Waals surface area contributed by atoms with Crippen LogP contribution in [0.1, 0.15) is 23.2 Å². The fourth-order valence-electron chi connectivity index (χ4n) is 4.54. The number of fused-ring (bicyclic) bond motifs is 6. The van der Waals surface area contributed by atoms with E-state index in [0.29, 0.717) is 12.1 Å². The van der Waals surface area contributed by atoms with E-state index in [1.54, 1.807) is 0 Å². The van der Waals surface area contributed by atoms with Gasteiger partial charge in [-0.15, -0.1) is 0 Å². The van der Waals surface area contributed by atoms with Crippen molar-refractivity contribution >= 4 is 28.5 Å². The monoisotopic (exact) mass is 421 g/mol. The van der Waals surface area contributed by atoms with Crippen molar-refractivity contribution < 1.29 is 9.53 Å². The number of rotatable bonds is 2. The standard InChI is InChI=1S/C25H19N5O2/c1-32-24(31)26-16-12-10-15(11-13-16)21-14-25(30-29-21)18-7-3-2-6-17(18)22-23(25)28-20-9-5-4-8-19(20)27-22/h2-13,30H,14H2,1H3,(H,26,31). The number of carbonyl (C=O) groups is 1. The first-order valence-corrected chi connectivity index (χ1v) is 10.3. The molecule has 2 aliphatic rings. The van der Waals surface area contributed by atoms with Gasteiger partial charge in [0.15, 0.2) is 0 Å². The van der Waals surface area contributed by atoms with Crippen molar-refractivity contribution in [2.24, 2.45) is 5.10 Å². The van der Waals surface area contributed by atoms with Crippen LogP contribution in [-0.2, 0) is 10.3 Å². The van der Waals surface area contributed by atoms with Crippen molar-refractivity contribution in [3.05, 3.63) is 89.6 Å². The van der Waals surface area contributed by atoms with Gasteiger partial charge in [0.1, 0.15) is 5.54 Å². The summed E-state index contributed by atoms with van der Waals surface area (Å²) in [6.07, 6.45) is 0.148. The lowest BCUT2D eigenvalue weighted by Crippen LogP contribution is -2.36. The lowest BCUT2D eigenvalue weighted by molar-refractivity contribution is 0.187. The number of aromatic nitrogens is 2. The minimum atomic E-state index is -0.554. The first-order chi connectivity index (χ1) is 15.7. The molecule has 1 spiro atoms. The molecule has 6 rings (SSSR count). The second-order valence-corrected chi connectivity index (χ2v) is 7.90. The third-order valence-corrected chi connectivity index (χ3v) is 6.08. The molecule has 3 aromatic carbocycles. The zero-order valence-corrected chi connectivity index (χ0v) is 17.3. The molecule has 1 aromatic heterocycles. The molecule has 156 valence electrons. The van der Waals surface area contributed by atoms with Crippen molar-refractivity contribution in [3.8, 4) is 11.3 Å². The summed E-state index contributed by atoms with van der Waals surface area (Å²) >= 11 is 0. The zero-order chi connectivity index (χ0) is 21.7. The third-order valence-electron chi connectivity index (χ3n) is 6.08. The van der Waals surface area contributed by atoms with E-state index in [1.807, 2.05) is 60.7 Å². The maximum atomic E-state index is 11.4. The number of nitrogens with zero attached hydrogens (tertiary/aromatic N) is 3. The Kier molecular flexibility index (Phi) is 3.98. The Morgan fingerprint density at radius 3 is 2.47 bits per heavy atom. The van der Waals surface area contributed by atoms with E-state index in [0.717, 1.165) is 44.8 Å². The van der Waals surface area contributed by atoms with Crippen molar-refractivity contribution in [1.82, 2.24) is 15.4 Å². The van der Waals surface area contributed by atoms with Gasteiger partial charge in [0.2, 0.25) is 0 Å². The summed E-state index contributed by atoms with van der Waals surface area (Å²) in [7, 11) is 1.34. The Bertz CT molecular complexity index is 1410. The highest BCUT2D eigenvalue weighted by atomic mass is 16.5. The number of amides is 1. The number of hydrazone groups is 1. The summed E-state index contributed by atoms with van der Waals surface area (Å²) in [5.41, 5.74) is 11.2. The van der Waals surface area contributed by atoms with Gasteiger partial charge in [-0.25, -0.2) is 14.8 Å². The predicted molar refractivity (Wildman–Crippen MR) is 123 cm³/mol. The summed E-state index contributed by atoms with van der Waals surface area (Å²) in [6, 6.07) is 23.8. The molecule has 0 saturated heterocycles. The van der Waals surface area contributed by atoms with Crippen LogP contribution in [0.4, 0.5) is 10.5 Å². The van der Waals surface area contributed by atoms with Crippen molar-refractivity contribution in [1.29, 1.82) is 0 Å². The second-order valence-electron chi connectivity index (χ2n) is 7.90. The van der Waals surface area contributed by atoms with Crippen LogP contribution in [-0.4, -0.2) is 28.9 Å². The number of nitrogens with one attached hydrogen (secondary N) is 2. The van der Waals surface area contributed by atoms with E-state index < -0.39 is 11.6 Å². The van der Waals surface area contributed by atoms with Crippen molar-refractivity contribution in [3.63, 3.8) is 0 Å². The SMILES string of the molecule is COC(=O)Nc1ccc(C2=NNC3(C2)c2ccccc2-c2nc4ccccc4nc23)cc1. The van der Waals surface area contributed by atoms with Gasteiger partial charge in [-0.05, 0) is 35.4 Å². The highest BCUT2D eigenvalue weighted by molar-refractivity contribution is 6.04. The lowest BCUT2D eigenvalue weighted by atomic mass is 9.85. The number of carbonyl (C=O) groups excluding carboxylic acids is 1. The molecule has 4 aromatic rings. The average Bonchev–Trinajstić information content (AvgIpc) is 3.40. The molecule has 2 heterocycles. The minimum Gasteiger partial charge on any atom is -0.453 e. The normalized spacial score (nSPS) is 18.1. The van der Waals surface area contributed by atoms with E-state index >= 15 is 0 Å². The quantitative estimate of drug-likeness (QED) is 0.500. The highest BCUT2D eigenvalue weighted by Gasteiger charge is 2.49. The molecule has 1 aliphatic carbocycles. The molecule has 32 heavy (non-hydrogen) atoms. The molecule has 1 unspecified atom stereocenters. The van der Waals surface area contributed by atoms with E-state index in [-0.39, 0.29) is 0 Å². The molecule has 1 atom stereocenters. The number of anilines is 1. The summed E-state index contributed by atoms with van der Waals surface area (Å²) in [5.74, 6) is 0. The average molecular weight is 421 g/mol. The van der Waals surface area contributed by atoms with Crippen LogP contribution in [0.15, 0.2) is 77.9 Å². The van der Waals surface area contributed by atoms with Gasteiger partial charge in [0.25, 0.3) is 0 Å². The molecule has 1 amide bonds. The molecule has 0 radical (unpaired) electrons. The number of para-hydroxylation sites is 2. The second kappa shape index (κ2) is 6.88. The first-order valence-electron chi connectivity index (χ1n) is 10.3. The molecular formula is C25H19N5O2. The molecule has 0 saturated carbocycles. The fraction of sp³-hybridized carbons (Fsp3) is 0.120. The van der Waals surface area contributed by atoms with E-state index in [2.05, 4.69) is 27.6 Å². The van der Waals surface area contributed by atoms with Crippen LogP contribution in [0.5, 0.6) is 0 Å². The fourth-order valence-corrected chi connectivity index (χ4v) is 4.54. The number of ether oxygens (including phenoxy) is 1. The predicted octanol–water partition coefficient (Wildman–Crippen LogP) is 4.43. The van der Waals surface area contributed by atoms with Crippen LogP contribution in [0.3, 0.4) is 0 Å². The topological polar surface area (TPSA) is 88.5 Å². The summed E-state index contributed by atoms with van der Waals surface area (Å²) < 4.78 is 4.65. The van der Waals surface area contributed by atoms with E-state index in [1.165, 1.54) is 7.11 Å². The maximum Gasteiger partial charge on any atom is 0.411 e. The third kappa shape index (κ3) is 2.68.